The van der Waals surface area contributed by atoms with Crippen LogP contribution in [0, 0.1) is 13.8 Å². The van der Waals surface area contributed by atoms with Gasteiger partial charge in [0.15, 0.2) is 11.0 Å². The minimum atomic E-state index is -0.796. The number of carbonyl (C=O) groups is 2. The molecule has 1 aromatic heterocycles. The van der Waals surface area contributed by atoms with Crippen molar-refractivity contribution >= 4 is 29.3 Å². The number of amides is 2. The molecule has 0 fully saturated rings. The number of nitrogens with one attached hydrogen (secondary N) is 2. The minimum Gasteiger partial charge on any atom is -0.497 e. The van der Waals surface area contributed by atoms with Crippen LogP contribution in [0.25, 0.3) is 0 Å². The highest BCUT2D eigenvalue weighted by Gasteiger charge is 2.23. The lowest BCUT2D eigenvalue weighted by Gasteiger charge is -2.17. The number of aliphatic hydroxyl groups excluding tert-OH is 1. The SMILES string of the molecule is C=CCn1c(SCC(=O)Nc2ccc(C)cc2C)nnc1[C@@H](CO)NC(=O)c1ccc(OC)cc1. The van der Waals surface area contributed by atoms with E-state index in [0.717, 1.165) is 16.8 Å². The quantitative estimate of drug-likeness (QED) is 0.276. The number of allylic oxidation sites excluding steroid dienone is 1. The van der Waals surface area contributed by atoms with Gasteiger partial charge in [-0.3, -0.25) is 9.59 Å². The fourth-order valence-corrected chi connectivity index (χ4v) is 4.17. The molecule has 2 amide bonds. The van der Waals surface area contributed by atoms with Crippen LogP contribution in [-0.2, 0) is 11.3 Å². The summed E-state index contributed by atoms with van der Waals surface area (Å²) in [6.07, 6.45) is 1.66. The largest absolute Gasteiger partial charge is 0.497 e. The van der Waals surface area contributed by atoms with Crippen LogP contribution in [0.15, 0.2) is 60.3 Å². The highest BCUT2D eigenvalue weighted by molar-refractivity contribution is 7.99. The number of anilines is 1. The van der Waals surface area contributed by atoms with Gasteiger partial charge in [0.2, 0.25) is 5.91 Å². The molecule has 3 rings (SSSR count). The van der Waals surface area contributed by atoms with Crippen molar-refractivity contribution in [3.05, 3.63) is 77.6 Å². The maximum atomic E-state index is 12.7. The molecule has 10 heteroatoms. The Morgan fingerprint density at radius 2 is 1.94 bits per heavy atom. The number of nitrogens with zero attached hydrogens (tertiary/aromatic N) is 3. The van der Waals surface area contributed by atoms with Crippen molar-refractivity contribution in [2.45, 2.75) is 31.6 Å². The van der Waals surface area contributed by atoms with Crippen LogP contribution in [0.5, 0.6) is 5.75 Å². The molecule has 1 atom stereocenters. The van der Waals surface area contributed by atoms with Gasteiger partial charge in [-0.05, 0) is 49.7 Å². The first kappa shape index (κ1) is 26.0. The molecule has 0 aliphatic heterocycles. The number of methoxy groups -OCH3 is 1. The summed E-state index contributed by atoms with van der Waals surface area (Å²) in [5.41, 5.74) is 3.28. The molecule has 0 radical (unpaired) electrons. The average Bonchev–Trinajstić information content (AvgIpc) is 3.25. The van der Waals surface area contributed by atoms with Crippen molar-refractivity contribution in [2.24, 2.45) is 0 Å². The smallest absolute Gasteiger partial charge is 0.251 e. The summed E-state index contributed by atoms with van der Waals surface area (Å²) in [4.78, 5) is 25.2. The molecule has 0 saturated carbocycles. The third-order valence-electron chi connectivity index (χ3n) is 5.20. The Bertz CT molecular complexity index is 1190. The van der Waals surface area contributed by atoms with Gasteiger partial charge in [-0.1, -0.05) is 35.5 Å². The summed E-state index contributed by atoms with van der Waals surface area (Å²) in [7, 11) is 1.55. The number of aromatic nitrogens is 3. The van der Waals surface area contributed by atoms with Crippen LogP contribution in [-0.4, -0.2) is 51.2 Å². The van der Waals surface area contributed by atoms with E-state index in [1.54, 1.807) is 42.0 Å². The van der Waals surface area contributed by atoms with Gasteiger partial charge in [-0.25, -0.2) is 0 Å². The zero-order chi connectivity index (χ0) is 25.4. The number of benzene rings is 2. The number of aryl methyl sites for hydroxylation is 2. The minimum absolute atomic E-state index is 0.116. The van der Waals surface area contributed by atoms with Gasteiger partial charge in [0.25, 0.3) is 5.91 Å². The first-order chi connectivity index (χ1) is 16.9. The summed E-state index contributed by atoms with van der Waals surface area (Å²) in [6.45, 7) is 7.67. The topological polar surface area (TPSA) is 118 Å². The van der Waals surface area contributed by atoms with Crippen LogP contribution in [0.1, 0.15) is 33.4 Å². The highest BCUT2D eigenvalue weighted by Crippen LogP contribution is 2.23. The molecule has 0 unspecified atom stereocenters. The molecular formula is C25H29N5O4S. The molecule has 0 aliphatic carbocycles. The van der Waals surface area contributed by atoms with Gasteiger partial charge in [0.05, 0.1) is 19.5 Å². The van der Waals surface area contributed by atoms with E-state index in [9.17, 15) is 14.7 Å². The summed E-state index contributed by atoms with van der Waals surface area (Å²) < 4.78 is 6.84. The van der Waals surface area contributed by atoms with E-state index in [2.05, 4.69) is 27.4 Å². The number of aliphatic hydroxyl groups is 1. The second-order valence-electron chi connectivity index (χ2n) is 7.83. The van der Waals surface area contributed by atoms with Crippen molar-refractivity contribution in [1.82, 2.24) is 20.1 Å². The summed E-state index contributed by atoms with van der Waals surface area (Å²) in [6, 6.07) is 11.7. The third-order valence-corrected chi connectivity index (χ3v) is 6.16. The molecule has 0 spiro atoms. The molecule has 2 aromatic carbocycles. The van der Waals surface area contributed by atoms with E-state index in [0.29, 0.717) is 28.8 Å². The Morgan fingerprint density at radius 3 is 2.57 bits per heavy atom. The number of rotatable bonds is 11. The van der Waals surface area contributed by atoms with Gasteiger partial charge in [0.1, 0.15) is 11.8 Å². The standard InChI is InChI=1S/C25H29N5O4S/c1-5-12-30-23(21(14-31)27-24(33)18-7-9-19(34-4)10-8-18)28-29-25(30)35-15-22(32)26-20-11-6-16(2)13-17(20)3/h5-11,13,21,31H,1,12,14-15H2,2-4H3,(H,26,32)(H,27,33)/t21-/m1/s1. The zero-order valence-electron chi connectivity index (χ0n) is 19.9. The Balaban J connectivity index is 1.70. The van der Waals surface area contributed by atoms with Gasteiger partial charge in [0, 0.05) is 17.8 Å². The van der Waals surface area contributed by atoms with E-state index < -0.39 is 6.04 Å². The van der Waals surface area contributed by atoms with E-state index in [-0.39, 0.29) is 24.2 Å². The van der Waals surface area contributed by atoms with Gasteiger partial charge >= 0.3 is 0 Å². The van der Waals surface area contributed by atoms with Crippen molar-refractivity contribution < 1.29 is 19.4 Å². The molecule has 35 heavy (non-hydrogen) atoms. The lowest BCUT2D eigenvalue weighted by Crippen LogP contribution is -2.33. The Morgan fingerprint density at radius 1 is 1.20 bits per heavy atom. The first-order valence-corrected chi connectivity index (χ1v) is 11.9. The monoisotopic (exact) mass is 495 g/mol. The lowest BCUT2D eigenvalue weighted by molar-refractivity contribution is -0.113. The number of hydrogen-bond acceptors (Lipinski definition) is 7. The van der Waals surface area contributed by atoms with Crippen molar-refractivity contribution in [2.75, 3.05) is 24.8 Å². The lowest BCUT2D eigenvalue weighted by atomic mass is 10.1. The molecule has 1 heterocycles. The van der Waals surface area contributed by atoms with Crippen LogP contribution in [0.4, 0.5) is 5.69 Å². The van der Waals surface area contributed by atoms with E-state index >= 15 is 0 Å². The molecule has 0 saturated heterocycles. The number of carbonyl (C=O) groups excluding carboxylic acids is 2. The number of hydrogen-bond donors (Lipinski definition) is 3. The van der Waals surface area contributed by atoms with Crippen LogP contribution >= 0.6 is 11.8 Å². The molecule has 0 aliphatic rings. The van der Waals surface area contributed by atoms with Crippen molar-refractivity contribution in [1.29, 1.82) is 0 Å². The predicted molar refractivity (Wildman–Crippen MR) is 136 cm³/mol. The molecule has 9 nitrogen and oxygen atoms in total. The van der Waals surface area contributed by atoms with Crippen molar-refractivity contribution in [3.63, 3.8) is 0 Å². The summed E-state index contributed by atoms with van der Waals surface area (Å²) in [5.74, 6) is 0.566. The maximum Gasteiger partial charge on any atom is 0.251 e. The normalized spacial score (nSPS) is 11.5. The van der Waals surface area contributed by atoms with Gasteiger partial charge in [-0.2, -0.15) is 0 Å². The fraction of sp³-hybridized carbons (Fsp3) is 0.280. The maximum absolute atomic E-state index is 12.7. The highest BCUT2D eigenvalue weighted by atomic mass is 32.2. The Kier molecular flexibility index (Phi) is 9.04. The van der Waals surface area contributed by atoms with Crippen molar-refractivity contribution in [3.8, 4) is 5.75 Å². The summed E-state index contributed by atoms with van der Waals surface area (Å²) >= 11 is 1.21. The molecule has 3 N–H and O–H groups in total. The second kappa shape index (κ2) is 12.2. The van der Waals surface area contributed by atoms with Crippen LogP contribution in [0.3, 0.4) is 0 Å². The number of thioether (sulfide) groups is 1. The second-order valence-corrected chi connectivity index (χ2v) is 8.77. The fourth-order valence-electron chi connectivity index (χ4n) is 3.41. The zero-order valence-corrected chi connectivity index (χ0v) is 20.8. The Labute approximate surface area is 208 Å². The Hall–Kier alpha value is -3.63. The van der Waals surface area contributed by atoms with Gasteiger partial charge < -0.3 is 25.0 Å². The first-order valence-electron chi connectivity index (χ1n) is 11.0. The predicted octanol–water partition coefficient (Wildman–Crippen LogP) is 3.28. The van der Waals surface area contributed by atoms with E-state index in [1.807, 2.05) is 32.0 Å². The van der Waals surface area contributed by atoms with E-state index in [1.165, 1.54) is 11.8 Å². The van der Waals surface area contributed by atoms with Crippen LogP contribution in [0.2, 0.25) is 0 Å². The number of ether oxygens (including phenoxy) is 1. The molecular weight excluding hydrogens is 466 g/mol. The van der Waals surface area contributed by atoms with Gasteiger partial charge in [-0.15, -0.1) is 16.8 Å². The summed E-state index contributed by atoms with van der Waals surface area (Å²) in [5, 5.41) is 24.5. The molecule has 0 bridgehead atoms. The van der Waals surface area contributed by atoms with Crippen LogP contribution < -0.4 is 15.4 Å². The third kappa shape index (κ3) is 6.71. The average molecular weight is 496 g/mol. The molecule has 3 aromatic rings. The van der Waals surface area contributed by atoms with E-state index in [4.69, 9.17) is 4.74 Å². The molecule has 184 valence electrons.